The van der Waals surface area contributed by atoms with E-state index in [9.17, 15) is 9.59 Å². The minimum atomic E-state index is 0.0438. The number of carbonyl (C=O) groups is 2. The molecule has 132 valence electrons. The van der Waals surface area contributed by atoms with E-state index >= 15 is 0 Å². The molecule has 1 unspecified atom stereocenters. The van der Waals surface area contributed by atoms with E-state index < -0.39 is 0 Å². The van der Waals surface area contributed by atoms with Crippen LogP contribution in [0.15, 0.2) is 0 Å². The van der Waals surface area contributed by atoms with Crippen LogP contribution in [0.4, 0.5) is 4.79 Å². The molecule has 0 aromatic rings. The molecule has 2 heterocycles. The zero-order valence-corrected chi connectivity index (χ0v) is 14.9. The maximum atomic E-state index is 12.4. The van der Waals surface area contributed by atoms with Crippen molar-refractivity contribution in [2.75, 3.05) is 46.8 Å². The van der Waals surface area contributed by atoms with Gasteiger partial charge in [-0.15, -0.1) is 0 Å². The zero-order valence-electron chi connectivity index (χ0n) is 14.9. The summed E-state index contributed by atoms with van der Waals surface area (Å²) in [7, 11) is 3.53. The number of nitrogens with one attached hydrogen (secondary N) is 1. The highest BCUT2D eigenvalue weighted by atomic mass is 16.2. The third kappa shape index (κ3) is 5.37. The summed E-state index contributed by atoms with van der Waals surface area (Å²) in [6, 6.07) is 0.240. The van der Waals surface area contributed by atoms with Gasteiger partial charge >= 0.3 is 6.03 Å². The Balaban J connectivity index is 1.71. The summed E-state index contributed by atoms with van der Waals surface area (Å²) in [6.45, 7) is 6.71. The second kappa shape index (κ2) is 8.52. The van der Waals surface area contributed by atoms with Crippen LogP contribution in [-0.4, -0.2) is 79.5 Å². The van der Waals surface area contributed by atoms with Crippen LogP contribution in [0, 0.1) is 5.92 Å². The first-order valence-electron chi connectivity index (χ1n) is 8.96. The predicted octanol–water partition coefficient (Wildman–Crippen LogP) is 1.37. The van der Waals surface area contributed by atoms with E-state index in [1.54, 1.807) is 19.0 Å². The lowest BCUT2D eigenvalue weighted by Crippen LogP contribution is -2.49. The molecule has 2 aliphatic rings. The number of carbonyl (C=O) groups excluding carboxylic acids is 2. The minimum absolute atomic E-state index is 0.0438. The summed E-state index contributed by atoms with van der Waals surface area (Å²) >= 11 is 0. The van der Waals surface area contributed by atoms with E-state index in [-0.39, 0.29) is 23.9 Å². The maximum absolute atomic E-state index is 12.4. The van der Waals surface area contributed by atoms with Crippen LogP contribution in [0.1, 0.15) is 39.0 Å². The highest BCUT2D eigenvalue weighted by Crippen LogP contribution is 2.18. The number of urea groups is 1. The Morgan fingerprint density at radius 2 is 1.70 bits per heavy atom. The molecule has 1 atom stereocenters. The highest BCUT2D eigenvalue weighted by molar-refractivity contribution is 5.79. The van der Waals surface area contributed by atoms with Crippen molar-refractivity contribution in [3.05, 3.63) is 0 Å². The second-order valence-electron chi connectivity index (χ2n) is 7.21. The maximum Gasteiger partial charge on any atom is 0.319 e. The molecule has 0 bridgehead atoms. The average molecular weight is 324 g/mol. The van der Waals surface area contributed by atoms with Crippen LogP contribution in [0.3, 0.4) is 0 Å². The largest absolute Gasteiger partial charge is 0.352 e. The first-order chi connectivity index (χ1) is 11.0. The van der Waals surface area contributed by atoms with Gasteiger partial charge in [-0.25, -0.2) is 4.79 Å². The van der Waals surface area contributed by atoms with Gasteiger partial charge in [0.1, 0.15) is 0 Å². The summed E-state index contributed by atoms with van der Waals surface area (Å²) < 4.78 is 0. The second-order valence-corrected chi connectivity index (χ2v) is 7.21. The number of amides is 3. The Morgan fingerprint density at radius 1 is 1.09 bits per heavy atom. The van der Waals surface area contributed by atoms with E-state index in [0.29, 0.717) is 13.1 Å². The van der Waals surface area contributed by atoms with Crippen molar-refractivity contribution in [3.63, 3.8) is 0 Å². The summed E-state index contributed by atoms with van der Waals surface area (Å²) in [6.07, 6.45) is 5.42. The molecular formula is C17H32N4O2. The number of hydrogen-bond acceptors (Lipinski definition) is 3. The van der Waals surface area contributed by atoms with E-state index in [2.05, 4.69) is 17.1 Å². The van der Waals surface area contributed by atoms with Crippen molar-refractivity contribution in [2.24, 2.45) is 5.92 Å². The molecule has 0 spiro atoms. The van der Waals surface area contributed by atoms with Crippen LogP contribution in [-0.2, 0) is 4.79 Å². The lowest BCUT2D eigenvalue weighted by Gasteiger charge is -2.34. The van der Waals surface area contributed by atoms with Crippen molar-refractivity contribution < 1.29 is 9.59 Å². The van der Waals surface area contributed by atoms with E-state index in [4.69, 9.17) is 0 Å². The van der Waals surface area contributed by atoms with Crippen molar-refractivity contribution in [2.45, 2.75) is 45.1 Å². The van der Waals surface area contributed by atoms with Gasteiger partial charge in [-0.05, 0) is 45.7 Å². The molecule has 2 rings (SSSR count). The molecule has 2 saturated heterocycles. The lowest BCUT2D eigenvalue weighted by molar-refractivity contribution is -0.127. The van der Waals surface area contributed by atoms with E-state index in [0.717, 1.165) is 32.5 Å². The molecule has 0 aromatic heterocycles. The molecule has 0 aliphatic carbocycles. The Bertz CT molecular complexity index is 399. The van der Waals surface area contributed by atoms with Gasteiger partial charge in [0.05, 0.1) is 0 Å². The molecule has 0 saturated carbocycles. The fraction of sp³-hybridized carbons (Fsp3) is 0.882. The summed E-state index contributed by atoms with van der Waals surface area (Å²) in [4.78, 5) is 30.2. The van der Waals surface area contributed by atoms with Crippen LogP contribution < -0.4 is 5.32 Å². The normalized spacial score (nSPS) is 21.8. The van der Waals surface area contributed by atoms with Crippen LogP contribution >= 0.6 is 0 Å². The summed E-state index contributed by atoms with van der Waals surface area (Å²) in [5.74, 6) is 0.205. The fourth-order valence-corrected chi connectivity index (χ4v) is 3.55. The number of nitrogens with zero attached hydrogens (tertiary/aromatic N) is 3. The van der Waals surface area contributed by atoms with E-state index in [1.807, 2.05) is 4.90 Å². The van der Waals surface area contributed by atoms with E-state index in [1.165, 1.54) is 19.3 Å². The molecular weight excluding hydrogens is 292 g/mol. The Morgan fingerprint density at radius 3 is 2.26 bits per heavy atom. The molecule has 23 heavy (non-hydrogen) atoms. The fourth-order valence-electron chi connectivity index (χ4n) is 3.55. The van der Waals surface area contributed by atoms with Gasteiger partial charge in [-0.3, -0.25) is 4.79 Å². The van der Waals surface area contributed by atoms with Crippen LogP contribution in [0.5, 0.6) is 0 Å². The molecule has 2 fully saturated rings. The Hall–Kier alpha value is -1.30. The van der Waals surface area contributed by atoms with Gasteiger partial charge in [0.2, 0.25) is 5.91 Å². The zero-order chi connectivity index (χ0) is 16.8. The van der Waals surface area contributed by atoms with Crippen molar-refractivity contribution in [1.29, 1.82) is 0 Å². The quantitative estimate of drug-likeness (QED) is 0.850. The van der Waals surface area contributed by atoms with Crippen LogP contribution in [0.25, 0.3) is 0 Å². The highest BCUT2D eigenvalue weighted by Gasteiger charge is 2.28. The first kappa shape index (κ1) is 18.0. The first-order valence-corrected chi connectivity index (χ1v) is 8.96. The molecule has 2 aliphatic heterocycles. The monoisotopic (exact) mass is 324 g/mol. The third-order valence-electron chi connectivity index (χ3n) is 4.89. The molecule has 6 nitrogen and oxygen atoms in total. The SMILES string of the molecule is CC(CN1CCCCC1)NC(=O)C1CCN(C(=O)N(C)C)CC1. The van der Waals surface area contributed by atoms with Crippen molar-refractivity contribution in [1.82, 2.24) is 20.0 Å². The molecule has 0 aromatic carbocycles. The Labute approximate surface area is 140 Å². The smallest absolute Gasteiger partial charge is 0.319 e. The molecule has 3 amide bonds. The van der Waals surface area contributed by atoms with Crippen molar-refractivity contribution in [3.8, 4) is 0 Å². The predicted molar refractivity (Wildman–Crippen MR) is 91.3 cm³/mol. The molecule has 6 heteroatoms. The topological polar surface area (TPSA) is 55.9 Å². The molecule has 0 radical (unpaired) electrons. The van der Waals surface area contributed by atoms with Crippen molar-refractivity contribution >= 4 is 11.9 Å². The number of rotatable bonds is 4. The Kier molecular flexibility index (Phi) is 6.69. The summed E-state index contributed by atoms with van der Waals surface area (Å²) in [5.41, 5.74) is 0. The van der Waals surface area contributed by atoms with Crippen LogP contribution in [0.2, 0.25) is 0 Å². The average Bonchev–Trinajstić information content (AvgIpc) is 2.55. The number of hydrogen-bond donors (Lipinski definition) is 1. The van der Waals surface area contributed by atoms with Gasteiger partial charge in [0.15, 0.2) is 0 Å². The van der Waals surface area contributed by atoms with Gasteiger partial charge in [-0.1, -0.05) is 6.42 Å². The minimum Gasteiger partial charge on any atom is -0.352 e. The van der Waals surface area contributed by atoms with Gasteiger partial charge in [0, 0.05) is 45.7 Å². The summed E-state index contributed by atoms with van der Waals surface area (Å²) in [5, 5.41) is 3.17. The lowest BCUT2D eigenvalue weighted by atomic mass is 9.95. The van der Waals surface area contributed by atoms with Gasteiger partial charge in [0.25, 0.3) is 0 Å². The van der Waals surface area contributed by atoms with Gasteiger partial charge in [-0.2, -0.15) is 0 Å². The standard InChI is InChI=1S/C17H32N4O2/c1-14(13-20-9-5-4-6-10-20)18-16(22)15-7-11-21(12-8-15)17(23)19(2)3/h14-15H,4-13H2,1-3H3,(H,18,22). The van der Waals surface area contributed by atoms with Gasteiger partial charge < -0.3 is 20.0 Å². The molecule has 1 N–H and O–H groups in total. The number of piperidine rings is 2. The number of likely N-dealkylation sites (tertiary alicyclic amines) is 2. The third-order valence-corrected chi connectivity index (χ3v) is 4.89.